The molecule has 3 nitrogen and oxygen atoms in total. The van der Waals surface area contributed by atoms with Crippen molar-refractivity contribution in [2.24, 2.45) is 0 Å². The Balaban J connectivity index is 1.75. The highest BCUT2D eigenvalue weighted by atomic mass is 35.5. The van der Waals surface area contributed by atoms with Crippen molar-refractivity contribution in [1.82, 2.24) is 10.2 Å². The number of thiophene rings is 1. The molecular formula is C14H19ClN2OS. The van der Waals surface area contributed by atoms with Gasteiger partial charge in [-0.2, -0.15) is 0 Å². The van der Waals surface area contributed by atoms with Gasteiger partial charge in [-0.25, -0.2) is 0 Å². The van der Waals surface area contributed by atoms with E-state index in [0.29, 0.717) is 22.5 Å². The molecule has 2 aliphatic rings. The quantitative estimate of drug-likeness (QED) is 0.930. The van der Waals surface area contributed by atoms with Crippen LogP contribution in [0.15, 0.2) is 12.1 Å². The molecule has 0 radical (unpaired) electrons. The van der Waals surface area contributed by atoms with E-state index in [1.807, 2.05) is 11.0 Å². The van der Waals surface area contributed by atoms with Gasteiger partial charge in [0.1, 0.15) is 0 Å². The van der Waals surface area contributed by atoms with Crippen LogP contribution >= 0.6 is 22.9 Å². The minimum absolute atomic E-state index is 0.144. The van der Waals surface area contributed by atoms with Crippen molar-refractivity contribution < 1.29 is 4.79 Å². The minimum Gasteiger partial charge on any atom is -0.335 e. The summed E-state index contributed by atoms with van der Waals surface area (Å²) < 4.78 is 0.685. The third kappa shape index (κ3) is 2.67. The van der Waals surface area contributed by atoms with Gasteiger partial charge in [-0.1, -0.05) is 11.6 Å². The van der Waals surface area contributed by atoms with Crippen LogP contribution in [0.5, 0.6) is 0 Å². The molecule has 2 bridgehead atoms. The number of fused-ring (bicyclic) bond motifs is 2. The molecule has 1 N–H and O–H groups in total. The molecule has 1 amide bonds. The Morgan fingerprint density at radius 3 is 2.63 bits per heavy atom. The maximum absolute atomic E-state index is 12.6. The molecule has 5 heteroatoms. The summed E-state index contributed by atoms with van der Waals surface area (Å²) in [5.41, 5.74) is 0. The number of piperidine rings is 1. The monoisotopic (exact) mass is 298 g/mol. The first-order valence-corrected chi connectivity index (χ1v) is 8.19. The van der Waals surface area contributed by atoms with E-state index in [4.69, 9.17) is 11.6 Å². The largest absolute Gasteiger partial charge is 0.335 e. The molecule has 2 fully saturated rings. The molecule has 2 unspecified atom stereocenters. The molecule has 1 aromatic heterocycles. The Labute approximate surface area is 122 Å². The number of rotatable bonds is 3. The fourth-order valence-corrected chi connectivity index (χ4v) is 4.42. The second-order valence-electron chi connectivity index (χ2n) is 5.46. The highest BCUT2D eigenvalue weighted by Gasteiger charge is 2.37. The average Bonchev–Trinajstić information content (AvgIpc) is 2.97. The van der Waals surface area contributed by atoms with Crippen molar-refractivity contribution in [3.63, 3.8) is 0 Å². The normalized spacial score (nSPS) is 29.5. The van der Waals surface area contributed by atoms with E-state index in [1.165, 1.54) is 24.2 Å². The van der Waals surface area contributed by atoms with Crippen LogP contribution in [0.3, 0.4) is 0 Å². The van der Waals surface area contributed by atoms with Crippen LogP contribution in [-0.2, 0) is 0 Å². The van der Waals surface area contributed by atoms with Crippen molar-refractivity contribution in [3.8, 4) is 0 Å². The molecule has 2 saturated heterocycles. The lowest BCUT2D eigenvalue weighted by Crippen LogP contribution is -2.50. The lowest BCUT2D eigenvalue weighted by atomic mass is 9.98. The van der Waals surface area contributed by atoms with Gasteiger partial charge in [0.25, 0.3) is 5.91 Å². The minimum atomic E-state index is 0.144. The summed E-state index contributed by atoms with van der Waals surface area (Å²) >= 11 is 7.31. The standard InChI is InChI=1S/C14H19ClN2OS/c1-2-17(14(18)12-5-6-13(15)19-12)11-7-9-3-4-10(8-11)16-9/h5-6,9-11,16H,2-4,7-8H2,1H3. The van der Waals surface area contributed by atoms with Crippen molar-refractivity contribution >= 4 is 28.8 Å². The van der Waals surface area contributed by atoms with Gasteiger partial charge in [-0.05, 0) is 44.7 Å². The molecule has 3 heterocycles. The zero-order chi connectivity index (χ0) is 13.4. The predicted molar refractivity (Wildman–Crippen MR) is 79.0 cm³/mol. The smallest absolute Gasteiger partial charge is 0.264 e. The number of carbonyl (C=O) groups is 1. The zero-order valence-electron chi connectivity index (χ0n) is 11.1. The summed E-state index contributed by atoms with van der Waals surface area (Å²) in [6.07, 6.45) is 4.71. The molecule has 0 spiro atoms. The molecule has 0 aromatic carbocycles. The molecule has 19 heavy (non-hydrogen) atoms. The third-order valence-electron chi connectivity index (χ3n) is 4.27. The lowest BCUT2D eigenvalue weighted by molar-refractivity contribution is 0.0636. The Hall–Kier alpha value is -0.580. The fourth-order valence-electron chi connectivity index (χ4n) is 3.42. The maximum atomic E-state index is 12.6. The number of amides is 1. The van der Waals surface area contributed by atoms with Gasteiger partial charge in [-0.3, -0.25) is 4.79 Å². The van der Waals surface area contributed by atoms with Gasteiger partial charge in [0.15, 0.2) is 0 Å². The van der Waals surface area contributed by atoms with E-state index in [1.54, 1.807) is 6.07 Å². The summed E-state index contributed by atoms with van der Waals surface area (Å²) in [4.78, 5) is 15.4. The first kappa shape index (κ1) is 13.4. The first-order valence-electron chi connectivity index (χ1n) is 6.99. The second kappa shape index (κ2) is 5.43. The van der Waals surface area contributed by atoms with Gasteiger partial charge >= 0.3 is 0 Å². The molecule has 0 saturated carbocycles. The van der Waals surface area contributed by atoms with Gasteiger partial charge in [0.2, 0.25) is 0 Å². The molecule has 0 aliphatic carbocycles. The Morgan fingerprint density at radius 2 is 2.11 bits per heavy atom. The summed E-state index contributed by atoms with van der Waals surface area (Å²) in [5.74, 6) is 0.144. The third-order valence-corrected chi connectivity index (χ3v) is 5.49. The van der Waals surface area contributed by atoms with Crippen molar-refractivity contribution in [2.75, 3.05) is 6.54 Å². The van der Waals surface area contributed by atoms with E-state index >= 15 is 0 Å². The van der Waals surface area contributed by atoms with Gasteiger partial charge < -0.3 is 10.2 Å². The van der Waals surface area contributed by atoms with E-state index in [2.05, 4.69) is 12.2 Å². The van der Waals surface area contributed by atoms with E-state index < -0.39 is 0 Å². The van der Waals surface area contributed by atoms with E-state index in [9.17, 15) is 4.79 Å². The SMILES string of the molecule is CCN(C(=O)c1ccc(Cl)s1)C1CC2CCC(C1)N2. The molecular weight excluding hydrogens is 280 g/mol. The fraction of sp³-hybridized carbons (Fsp3) is 0.643. The predicted octanol–water partition coefficient (Wildman–Crippen LogP) is 3.15. The molecule has 104 valence electrons. The van der Waals surface area contributed by atoms with Gasteiger partial charge in [-0.15, -0.1) is 11.3 Å². The topological polar surface area (TPSA) is 32.3 Å². The van der Waals surface area contributed by atoms with Gasteiger partial charge in [0.05, 0.1) is 9.21 Å². The zero-order valence-corrected chi connectivity index (χ0v) is 12.6. The van der Waals surface area contributed by atoms with Crippen molar-refractivity contribution in [1.29, 1.82) is 0 Å². The molecule has 1 aromatic rings. The average molecular weight is 299 g/mol. The summed E-state index contributed by atoms with van der Waals surface area (Å²) in [6.45, 7) is 2.84. The Bertz CT molecular complexity index is 464. The van der Waals surface area contributed by atoms with Crippen molar-refractivity contribution in [2.45, 2.75) is 50.7 Å². The van der Waals surface area contributed by atoms with Crippen LogP contribution in [-0.4, -0.2) is 35.5 Å². The first-order chi connectivity index (χ1) is 9.17. The number of carbonyl (C=O) groups excluding carboxylic acids is 1. The number of hydrogen-bond donors (Lipinski definition) is 1. The number of nitrogens with zero attached hydrogens (tertiary/aromatic N) is 1. The van der Waals surface area contributed by atoms with Crippen LogP contribution < -0.4 is 5.32 Å². The number of hydrogen-bond acceptors (Lipinski definition) is 3. The summed E-state index contributed by atoms with van der Waals surface area (Å²) in [6, 6.07) is 5.25. The highest BCUT2D eigenvalue weighted by molar-refractivity contribution is 7.17. The van der Waals surface area contributed by atoms with Crippen LogP contribution in [0.2, 0.25) is 4.34 Å². The Kier molecular flexibility index (Phi) is 3.83. The van der Waals surface area contributed by atoms with E-state index in [0.717, 1.165) is 24.3 Å². The second-order valence-corrected chi connectivity index (χ2v) is 7.17. The van der Waals surface area contributed by atoms with Crippen molar-refractivity contribution in [3.05, 3.63) is 21.3 Å². The lowest BCUT2D eigenvalue weighted by Gasteiger charge is -2.37. The number of halogens is 1. The maximum Gasteiger partial charge on any atom is 0.264 e. The highest BCUT2D eigenvalue weighted by Crippen LogP contribution is 2.31. The molecule has 3 rings (SSSR count). The molecule has 2 atom stereocenters. The van der Waals surface area contributed by atoms with Crippen LogP contribution in [0, 0.1) is 0 Å². The van der Waals surface area contributed by atoms with Crippen LogP contribution in [0.25, 0.3) is 0 Å². The van der Waals surface area contributed by atoms with Crippen LogP contribution in [0.4, 0.5) is 0 Å². The van der Waals surface area contributed by atoms with Crippen LogP contribution in [0.1, 0.15) is 42.3 Å². The number of nitrogens with one attached hydrogen (secondary N) is 1. The van der Waals surface area contributed by atoms with Gasteiger partial charge in [0, 0.05) is 24.7 Å². The summed E-state index contributed by atoms with van der Waals surface area (Å²) in [7, 11) is 0. The summed E-state index contributed by atoms with van der Waals surface area (Å²) in [5, 5.41) is 3.63. The Morgan fingerprint density at radius 1 is 1.42 bits per heavy atom. The molecule has 2 aliphatic heterocycles. The van der Waals surface area contributed by atoms with E-state index in [-0.39, 0.29) is 5.91 Å².